The van der Waals surface area contributed by atoms with Crippen molar-refractivity contribution in [2.75, 3.05) is 11.9 Å². The molecule has 1 aromatic rings. The van der Waals surface area contributed by atoms with Gasteiger partial charge in [-0.2, -0.15) is 0 Å². The summed E-state index contributed by atoms with van der Waals surface area (Å²) in [6, 6.07) is 4.26. The third-order valence-electron chi connectivity index (χ3n) is 3.07. The van der Waals surface area contributed by atoms with E-state index in [9.17, 15) is 15.0 Å². The highest BCUT2D eigenvalue weighted by Crippen LogP contribution is 2.37. The molecule has 0 bridgehead atoms. The molecule has 0 atom stereocenters. The van der Waals surface area contributed by atoms with Gasteiger partial charge in [-0.3, -0.25) is 4.79 Å². The summed E-state index contributed by atoms with van der Waals surface area (Å²) >= 11 is 0. The van der Waals surface area contributed by atoms with Gasteiger partial charge in [0.05, 0.1) is 5.69 Å². The Balaban J connectivity index is 2.54. The van der Waals surface area contributed by atoms with Gasteiger partial charge in [0.15, 0.2) is 5.78 Å². The Morgan fingerprint density at radius 3 is 2.22 bits per heavy atom. The number of phenols is 2. The largest absolute Gasteiger partial charge is 0.508 e. The average molecular weight is 248 g/mol. The van der Waals surface area contributed by atoms with Crippen LogP contribution in [0.5, 0.6) is 11.5 Å². The van der Waals surface area contributed by atoms with Crippen LogP contribution in [0.4, 0.5) is 5.69 Å². The highest BCUT2D eigenvalue weighted by Gasteiger charge is 2.41. The van der Waals surface area contributed by atoms with Crippen LogP contribution in [0, 0.1) is 0 Å². The second-order valence-electron chi connectivity index (χ2n) is 4.75. The number of hydrogen-bond donors (Lipinski definition) is 3. The molecule has 96 valence electrons. The molecule has 0 saturated carbocycles. The van der Waals surface area contributed by atoms with Crippen LogP contribution < -0.4 is 10.2 Å². The number of benzene rings is 1. The standard InChI is InChI=1S/C13H16N2O3/c1-13(2)11(18)7-12(14-3)15(13)8-4-9(16)6-10(17)5-8/h4-7,14,16-17H,1-3H3. The molecule has 0 saturated heterocycles. The van der Waals surface area contributed by atoms with E-state index in [1.54, 1.807) is 25.8 Å². The number of nitrogens with one attached hydrogen (secondary N) is 1. The van der Waals surface area contributed by atoms with Crippen LogP contribution in [0.2, 0.25) is 0 Å². The van der Waals surface area contributed by atoms with E-state index in [4.69, 9.17) is 0 Å². The zero-order chi connectivity index (χ0) is 13.5. The van der Waals surface area contributed by atoms with Gasteiger partial charge in [-0.1, -0.05) is 0 Å². The van der Waals surface area contributed by atoms with E-state index in [0.717, 1.165) is 0 Å². The fourth-order valence-electron chi connectivity index (χ4n) is 2.13. The number of phenolic OH excluding ortho intramolecular Hbond substituents is 2. The Bertz CT molecular complexity index is 515. The van der Waals surface area contributed by atoms with Crippen molar-refractivity contribution in [2.45, 2.75) is 19.4 Å². The lowest BCUT2D eigenvalue weighted by Gasteiger charge is -2.34. The number of ketones is 1. The maximum absolute atomic E-state index is 11.9. The number of hydrogen-bond acceptors (Lipinski definition) is 5. The number of carbonyl (C=O) groups excluding carboxylic acids is 1. The maximum Gasteiger partial charge on any atom is 0.184 e. The topological polar surface area (TPSA) is 72.8 Å². The van der Waals surface area contributed by atoms with Crippen molar-refractivity contribution in [3.05, 3.63) is 30.1 Å². The van der Waals surface area contributed by atoms with E-state index in [2.05, 4.69) is 5.32 Å². The van der Waals surface area contributed by atoms with Crippen molar-refractivity contribution >= 4 is 11.5 Å². The third kappa shape index (κ3) is 1.77. The van der Waals surface area contributed by atoms with Gasteiger partial charge in [-0.25, -0.2) is 0 Å². The van der Waals surface area contributed by atoms with Gasteiger partial charge >= 0.3 is 0 Å². The Morgan fingerprint density at radius 1 is 1.17 bits per heavy atom. The summed E-state index contributed by atoms with van der Waals surface area (Å²) in [6.45, 7) is 3.58. The number of carbonyl (C=O) groups is 1. The van der Waals surface area contributed by atoms with Crippen LogP contribution in [0.15, 0.2) is 30.1 Å². The molecule has 1 aliphatic rings. The van der Waals surface area contributed by atoms with E-state index >= 15 is 0 Å². The summed E-state index contributed by atoms with van der Waals surface area (Å²) in [7, 11) is 1.72. The number of aromatic hydroxyl groups is 2. The number of anilines is 1. The van der Waals surface area contributed by atoms with E-state index in [1.165, 1.54) is 24.3 Å². The minimum absolute atomic E-state index is 0.0327. The van der Waals surface area contributed by atoms with E-state index in [1.807, 2.05) is 0 Å². The molecule has 0 unspecified atom stereocenters. The first kappa shape index (κ1) is 12.3. The van der Waals surface area contributed by atoms with Crippen LogP contribution in [-0.4, -0.2) is 28.6 Å². The molecule has 0 fully saturated rings. The van der Waals surface area contributed by atoms with Gasteiger partial charge in [-0.15, -0.1) is 0 Å². The predicted molar refractivity (Wildman–Crippen MR) is 68.5 cm³/mol. The molecule has 5 heteroatoms. The first-order valence-electron chi connectivity index (χ1n) is 5.63. The lowest BCUT2D eigenvalue weighted by molar-refractivity contribution is -0.117. The molecule has 0 radical (unpaired) electrons. The van der Waals surface area contributed by atoms with Crippen molar-refractivity contribution in [3.8, 4) is 11.5 Å². The van der Waals surface area contributed by atoms with E-state index < -0.39 is 5.54 Å². The Hall–Kier alpha value is -2.17. The molecule has 3 N–H and O–H groups in total. The summed E-state index contributed by atoms with van der Waals surface area (Å²) in [4.78, 5) is 13.7. The van der Waals surface area contributed by atoms with E-state index in [0.29, 0.717) is 11.5 Å². The molecule has 0 amide bonds. The SMILES string of the molecule is CNC1=CC(=O)C(C)(C)N1c1cc(O)cc(O)c1. The Kier molecular flexibility index (Phi) is 2.69. The molecular formula is C13H16N2O3. The quantitative estimate of drug-likeness (QED) is 0.736. The fraction of sp³-hybridized carbons (Fsp3) is 0.308. The molecule has 0 aliphatic carbocycles. The van der Waals surface area contributed by atoms with Gasteiger partial charge in [0.1, 0.15) is 22.9 Å². The van der Waals surface area contributed by atoms with Crippen LogP contribution in [0.3, 0.4) is 0 Å². The molecule has 0 aromatic heterocycles. The second kappa shape index (κ2) is 3.94. The van der Waals surface area contributed by atoms with Crippen molar-refractivity contribution in [2.24, 2.45) is 0 Å². The molecule has 1 heterocycles. The second-order valence-corrected chi connectivity index (χ2v) is 4.75. The normalized spacial score (nSPS) is 17.8. The van der Waals surface area contributed by atoms with Crippen molar-refractivity contribution < 1.29 is 15.0 Å². The predicted octanol–water partition coefficient (Wildman–Crippen LogP) is 1.33. The summed E-state index contributed by atoms with van der Waals surface area (Å²) in [5.41, 5.74) is -0.192. The average Bonchev–Trinajstić information content (AvgIpc) is 2.48. The van der Waals surface area contributed by atoms with Gasteiger partial charge in [0, 0.05) is 31.3 Å². The first-order valence-corrected chi connectivity index (χ1v) is 5.63. The third-order valence-corrected chi connectivity index (χ3v) is 3.07. The smallest absolute Gasteiger partial charge is 0.184 e. The number of rotatable bonds is 2. The lowest BCUT2D eigenvalue weighted by Crippen LogP contribution is -2.46. The van der Waals surface area contributed by atoms with Crippen LogP contribution in [0.1, 0.15) is 13.8 Å². The van der Waals surface area contributed by atoms with Crippen molar-refractivity contribution in [1.29, 1.82) is 0 Å². The zero-order valence-electron chi connectivity index (χ0n) is 10.6. The Morgan fingerprint density at radius 2 is 1.72 bits per heavy atom. The summed E-state index contributed by atoms with van der Waals surface area (Å²) in [6.07, 6.45) is 1.51. The van der Waals surface area contributed by atoms with Crippen LogP contribution in [-0.2, 0) is 4.79 Å². The first-order chi connectivity index (χ1) is 8.36. The van der Waals surface area contributed by atoms with Gasteiger partial charge in [-0.05, 0) is 13.8 Å². The molecule has 5 nitrogen and oxygen atoms in total. The summed E-state index contributed by atoms with van der Waals surface area (Å²) < 4.78 is 0. The monoisotopic (exact) mass is 248 g/mol. The summed E-state index contributed by atoms with van der Waals surface area (Å²) in [5, 5.41) is 22.0. The van der Waals surface area contributed by atoms with Gasteiger partial charge in [0.2, 0.25) is 0 Å². The highest BCUT2D eigenvalue weighted by atomic mass is 16.3. The van der Waals surface area contributed by atoms with Crippen LogP contribution >= 0.6 is 0 Å². The van der Waals surface area contributed by atoms with Gasteiger partial charge in [0.25, 0.3) is 0 Å². The highest BCUT2D eigenvalue weighted by molar-refractivity contribution is 6.04. The van der Waals surface area contributed by atoms with Crippen molar-refractivity contribution in [1.82, 2.24) is 5.32 Å². The molecule has 18 heavy (non-hydrogen) atoms. The lowest BCUT2D eigenvalue weighted by atomic mass is 10.00. The Labute approximate surface area is 105 Å². The minimum Gasteiger partial charge on any atom is -0.508 e. The summed E-state index contributed by atoms with van der Waals surface area (Å²) in [5.74, 6) is 0.510. The van der Waals surface area contributed by atoms with Gasteiger partial charge < -0.3 is 20.4 Å². The molecule has 1 aliphatic heterocycles. The van der Waals surface area contributed by atoms with Crippen LogP contribution in [0.25, 0.3) is 0 Å². The fourth-order valence-corrected chi connectivity index (χ4v) is 2.13. The number of nitrogens with zero attached hydrogens (tertiary/aromatic N) is 1. The molecule has 1 aromatic carbocycles. The van der Waals surface area contributed by atoms with Crippen molar-refractivity contribution in [3.63, 3.8) is 0 Å². The zero-order valence-corrected chi connectivity index (χ0v) is 10.6. The van der Waals surface area contributed by atoms with E-state index in [-0.39, 0.29) is 17.3 Å². The minimum atomic E-state index is -0.751. The maximum atomic E-state index is 11.9. The molecule has 0 spiro atoms. The molecular weight excluding hydrogens is 232 g/mol. The molecule has 2 rings (SSSR count).